The van der Waals surface area contributed by atoms with Crippen molar-refractivity contribution in [2.24, 2.45) is 0 Å². The van der Waals surface area contributed by atoms with Gasteiger partial charge in [-0.2, -0.15) is 5.26 Å². The van der Waals surface area contributed by atoms with Gasteiger partial charge >= 0.3 is 0 Å². The molecule has 0 spiro atoms. The molecule has 0 saturated heterocycles. The van der Waals surface area contributed by atoms with Gasteiger partial charge in [-0.1, -0.05) is 34.1 Å². The highest BCUT2D eigenvalue weighted by Gasteiger charge is 2.15. The summed E-state index contributed by atoms with van der Waals surface area (Å²) < 4.78 is 13.4. The fourth-order valence-corrected chi connectivity index (χ4v) is 4.01. The van der Waals surface area contributed by atoms with E-state index < -0.39 is 5.91 Å². The van der Waals surface area contributed by atoms with Crippen molar-refractivity contribution < 1.29 is 14.3 Å². The van der Waals surface area contributed by atoms with Crippen LogP contribution in [0.5, 0.6) is 11.5 Å². The van der Waals surface area contributed by atoms with E-state index in [0.717, 1.165) is 10.0 Å². The number of halogens is 2. The fourth-order valence-electron chi connectivity index (χ4n) is 3.17. The number of rotatable bonds is 8. The highest BCUT2D eigenvalue weighted by atomic mass is 79.9. The second-order valence-electron chi connectivity index (χ2n) is 7.60. The number of nitrogens with zero attached hydrogens (tertiary/aromatic N) is 1. The number of amides is 1. The third-order valence-corrected chi connectivity index (χ3v) is 6.18. The monoisotopic (exact) mass is 582 g/mol. The molecule has 0 aromatic heterocycles. The summed E-state index contributed by atoms with van der Waals surface area (Å²) in [4.78, 5) is 12.6. The van der Waals surface area contributed by atoms with E-state index in [1.165, 1.54) is 17.2 Å². The largest absolute Gasteiger partial charge is 0.490 e. The fraction of sp³-hybridized carbons (Fsp3) is 0.185. The standard InChI is InChI=1S/C27H24Br2N2O3/c1-4-33-25-14-20(12-21(15-30)27(32)31-23-9-7-22(28)8-10-23)13-24(29)26(25)34-16-19-6-5-17(2)18(3)11-19/h5-14H,4,16H2,1-3H3,(H,31,32)/b21-12+. The molecule has 3 aromatic rings. The van der Waals surface area contributed by atoms with Crippen molar-refractivity contribution in [3.05, 3.63) is 91.4 Å². The third-order valence-electron chi connectivity index (χ3n) is 5.06. The summed E-state index contributed by atoms with van der Waals surface area (Å²) in [5, 5.41) is 12.3. The summed E-state index contributed by atoms with van der Waals surface area (Å²) in [5.41, 5.74) is 4.69. The summed E-state index contributed by atoms with van der Waals surface area (Å²) in [6.45, 7) is 6.85. The van der Waals surface area contributed by atoms with E-state index in [-0.39, 0.29) is 5.57 Å². The Morgan fingerprint density at radius 1 is 1.03 bits per heavy atom. The first-order valence-electron chi connectivity index (χ1n) is 10.6. The molecule has 1 N–H and O–H groups in total. The Balaban J connectivity index is 1.84. The molecule has 0 heterocycles. The van der Waals surface area contributed by atoms with Crippen molar-refractivity contribution in [2.75, 3.05) is 11.9 Å². The number of hydrogen-bond donors (Lipinski definition) is 1. The molecule has 0 unspecified atom stereocenters. The number of nitrogens with one attached hydrogen (secondary N) is 1. The van der Waals surface area contributed by atoms with Gasteiger partial charge in [0.05, 0.1) is 11.1 Å². The topological polar surface area (TPSA) is 71.3 Å². The SMILES string of the molecule is CCOc1cc(/C=C(\C#N)C(=O)Nc2ccc(Br)cc2)cc(Br)c1OCc1ccc(C)c(C)c1. The lowest BCUT2D eigenvalue weighted by Gasteiger charge is -2.15. The Morgan fingerprint density at radius 2 is 1.76 bits per heavy atom. The number of ether oxygens (including phenoxy) is 2. The van der Waals surface area contributed by atoms with Crippen LogP contribution in [0.15, 0.2) is 69.1 Å². The van der Waals surface area contributed by atoms with Crippen molar-refractivity contribution in [2.45, 2.75) is 27.4 Å². The Labute approximate surface area is 216 Å². The van der Waals surface area contributed by atoms with Crippen molar-refractivity contribution >= 4 is 49.5 Å². The van der Waals surface area contributed by atoms with Gasteiger partial charge < -0.3 is 14.8 Å². The molecule has 0 bridgehead atoms. The van der Waals surface area contributed by atoms with E-state index in [9.17, 15) is 10.1 Å². The van der Waals surface area contributed by atoms with Crippen LogP contribution in [0.25, 0.3) is 6.08 Å². The lowest BCUT2D eigenvalue weighted by Crippen LogP contribution is -2.13. The molecule has 0 aliphatic heterocycles. The Morgan fingerprint density at radius 3 is 2.41 bits per heavy atom. The molecular formula is C27H24Br2N2O3. The normalized spacial score (nSPS) is 11.0. The third kappa shape index (κ3) is 6.72. The van der Waals surface area contributed by atoms with E-state index in [2.05, 4.69) is 63.2 Å². The zero-order chi connectivity index (χ0) is 24.7. The summed E-state index contributed by atoms with van der Waals surface area (Å²) in [6.07, 6.45) is 1.52. The molecule has 174 valence electrons. The van der Waals surface area contributed by atoms with Crippen LogP contribution in [0.3, 0.4) is 0 Å². The van der Waals surface area contributed by atoms with Gasteiger partial charge in [0, 0.05) is 10.2 Å². The average Bonchev–Trinajstić information content (AvgIpc) is 2.80. The second-order valence-corrected chi connectivity index (χ2v) is 9.37. The number of carbonyl (C=O) groups excluding carboxylic acids is 1. The smallest absolute Gasteiger partial charge is 0.266 e. The van der Waals surface area contributed by atoms with Gasteiger partial charge in [0.1, 0.15) is 18.2 Å². The van der Waals surface area contributed by atoms with Gasteiger partial charge in [-0.05, 0) is 101 Å². The number of anilines is 1. The van der Waals surface area contributed by atoms with Crippen LogP contribution in [0, 0.1) is 25.2 Å². The molecule has 1 amide bonds. The maximum absolute atomic E-state index is 12.6. The summed E-state index contributed by atoms with van der Waals surface area (Å²) in [6, 6.07) is 18.9. The molecule has 0 fully saturated rings. The number of aryl methyl sites for hydroxylation is 2. The molecule has 3 aromatic carbocycles. The minimum absolute atomic E-state index is 0.0268. The van der Waals surface area contributed by atoms with Gasteiger partial charge in [0.25, 0.3) is 5.91 Å². The van der Waals surface area contributed by atoms with Gasteiger partial charge in [-0.15, -0.1) is 0 Å². The molecule has 34 heavy (non-hydrogen) atoms. The molecule has 7 heteroatoms. The molecule has 0 aliphatic rings. The molecular weight excluding hydrogens is 560 g/mol. The number of hydrogen-bond acceptors (Lipinski definition) is 4. The Kier molecular flexibility index (Phi) is 8.91. The van der Waals surface area contributed by atoms with Crippen LogP contribution >= 0.6 is 31.9 Å². The molecule has 0 aliphatic carbocycles. The van der Waals surface area contributed by atoms with Crippen molar-refractivity contribution in [1.29, 1.82) is 5.26 Å². The number of carbonyl (C=O) groups is 1. The quantitative estimate of drug-likeness (QED) is 0.222. The van der Waals surface area contributed by atoms with Gasteiger partial charge in [0.2, 0.25) is 0 Å². The van der Waals surface area contributed by atoms with E-state index >= 15 is 0 Å². The van der Waals surface area contributed by atoms with Crippen LogP contribution < -0.4 is 14.8 Å². The molecule has 3 rings (SSSR count). The lowest BCUT2D eigenvalue weighted by atomic mass is 10.1. The van der Waals surface area contributed by atoms with E-state index in [4.69, 9.17) is 9.47 Å². The van der Waals surface area contributed by atoms with Crippen LogP contribution in [0.1, 0.15) is 29.2 Å². The maximum atomic E-state index is 12.6. The second kappa shape index (κ2) is 11.9. The van der Waals surface area contributed by atoms with Crippen molar-refractivity contribution in [3.63, 3.8) is 0 Å². The van der Waals surface area contributed by atoms with E-state index in [1.807, 2.05) is 31.2 Å². The van der Waals surface area contributed by atoms with Crippen molar-refractivity contribution in [1.82, 2.24) is 0 Å². The minimum Gasteiger partial charge on any atom is -0.490 e. The lowest BCUT2D eigenvalue weighted by molar-refractivity contribution is -0.112. The van der Waals surface area contributed by atoms with Crippen LogP contribution in [-0.2, 0) is 11.4 Å². The maximum Gasteiger partial charge on any atom is 0.266 e. The highest BCUT2D eigenvalue weighted by Crippen LogP contribution is 2.38. The zero-order valence-electron chi connectivity index (χ0n) is 19.1. The first-order valence-corrected chi connectivity index (χ1v) is 12.2. The van der Waals surface area contributed by atoms with E-state index in [1.54, 1.807) is 24.3 Å². The van der Waals surface area contributed by atoms with Crippen LogP contribution in [-0.4, -0.2) is 12.5 Å². The zero-order valence-corrected chi connectivity index (χ0v) is 22.3. The number of nitriles is 1. The predicted molar refractivity (Wildman–Crippen MR) is 142 cm³/mol. The summed E-state index contributed by atoms with van der Waals surface area (Å²) >= 11 is 6.91. The molecule has 5 nitrogen and oxygen atoms in total. The average molecular weight is 584 g/mol. The first-order chi connectivity index (χ1) is 16.3. The van der Waals surface area contributed by atoms with E-state index in [0.29, 0.717) is 40.4 Å². The van der Waals surface area contributed by atoms with Gasteiger partial charge in [-0.3, -0.25) is 4.79 Å². The molecule has 0 atom stereocenters. The minimum atomic E-state index is -0.492. The number of benzene rings is 3. The summed E-state index contributed by atoms with van der Waals surface area (Å²) in [7, 11) is 0. The first kappa shape index (κ1) is 25.5. The van der Waals surface area contributed by atoms with Crippen LogP contribution in [0.2, 0.25) is 0 Å². The Bertz CT molecular complexity index is 1260. The molecule has 0 saturated carbocycles. The van der Waals surface area contributed by atoms with Crippen molar-refractivity contribution in [3.8, 4) is 17.6 Å². The van der Waals surface area contributed by atoms with Gasteiger partial charge in [-0.25, -0.2) is 0 Å². The highest BCUT2D eigenvalue weighted by molar-refractivity contribution is 9.10. The van der Waals surface area contributed by atoms with Gasteiger partial charge in [0.15, 0.2) is 11.5 Å². The summed E-state index contributed by atoms with van der Waals surface area (Å²) in [5.74, 6) is 0.599. The van der Waals surface area contributed by atoms with Crippen LogP contribution in [0.4, 0.5) is 5.69 Å². The predicted octanol–water partition coefficient (Wildman–Crippen LogP) is 7.35. The Hall–Kier alpha value is -3.08. The molecule has 0 radical (unpaired) electrons.